The van der Waals surface area contributed by atoms with Gasteiger partial charge in [-0.15, -0.1) is 0 Å². The molecule has 2 unspecified atom stereocenters. The van der Waals surface area contributed by atoms with Crippen molar-refractivity contribution in [2.24, 2.45) is 0 Å². The fourth-order valence-corrected chi connectivity index (χ4v) is 4.63. The molecule has 2 atom stereocenters. The summed E-state index contributed by atoms with van der Waals surface area (Å²) in [6, 6.07) is 16.0. The summed E-state index contributed by atoms with van der Waals surface area (Å²) in [6.45, 7) is 0.0834. The molecule has 0 aromatic heterocycles. The Morgan fingerprint density at radius 3 is 2.32 bits per heavy atom. The van der Waals surface area contributed by atoms with E-state index in [-0.39, 0.29) is 45.1 Å². The van der Waals surface area contributed by atoms with Gasteiger partial charge in [0.2, 0.25) is 5.91 Å². The highest BCUT2D eigenvalue weighted by atomic mass is 16.5. The minimum atomic E-state index is -1.43. The van der Waals surface area contributed by atoms with Gasteiger partial charge in [0.15, 0.2) is 5.54 Å². The van der Waals surface area contributed by atoms with E-state index in [1.54, 1.807) is 0 Å². The summed E-state index contributed by atoms with van der Waals surface area (Å²) in [6.07, 6.45) is -2.05. The van der Waals surface area contributed by atoms with Gasteiger partial charge in [-0.1, -0.05) is 48.5 Å². The summed E-state index contributed by atoms with van der Waals surface area (Å²) in [5.74, 6) is -1.78. The number of aliphatic hydroxyl groups excluding tert-OH is 1. The van der Waals surface area contributed by atoms with Crippen LogP contribution in [0.5, 0.6) is 0 Å². The molecule has 1 aliphatic heterocycles. The van der Waals surface area contributed by atoms with E-state index in [2.05, 4.69) is 5.32 Å². The molecule has 1 fully saturated rings. The number of likely N-dealkylation sites (N-methyl/N-ethyl adjacent to an activating group) is 1. The second-order valence-electron chi connectivity index (χ2n) is 8.66. The first-order valence-corrected chi connectivity index (χ1v) is 11.2. The minimum Gasteiger partial charge on any atom is -0.479 e. The summed E-state index contributed by atoms with van der Waals surface area (Å²) < 4.78 is 10.6. The van der Waals surface area contributed by atoms with Gasteiger partial charge in [0, 0.05) is 32.5 Å². The molecular weight excluding hydrogens is 440 g/mol. The van der Waals surface area contributed by atoms with Crippen LogP contribution in [-0.4, -0.2) is 78.1 Å². The highest BCUT2D eigenvalue weighted by Crippen LogP contribution is 2.44. The number of nitrogens with one attached hydrogen (secondary N) is 1. The second-order valence-corrected chi connectivity index (χ2v) is 8.66. The average molecular weight is 469 g/mol. The number of ether oxygens (including phenoxy) is 2. The molecule has 9 nitrogen and oxygen atoms in total. The molecule has 0 bridgehead atoms. The van der Waals surface area contributed by atoms with Crippen molar-refractivity contribution in [1.82, 2.24) is 10.2 Å². The zero-order valence-corrected chi connectivity index (χ0v) is 18.9. The number of nitrogens with zero attached hydrogens (tertiary/aromatic N) is 1. The van der Waals surface area contributed by atoms with Crippen LogP contribution in [0.25, 0.3) is 11.1 Å². The van der Waals surface area contributed by atoms with E-state index < -0.39 is 29.6 Å². The second kappa shape index (κ2) is 9.82. The maximum atomic E-state index is 12.5. The van der Waals surface area contributed by atoms with Crippen LogP contribution in [-0.2, 0) is 19.1 Å². The van der Waals surface area contributed by atoms with Crippen LogP contribution in [0.15, 0.2) is 48.5 Å². The van der Waals surface area contributed by atoms with Crippen LogP contribution in [0.1, 0.15) is 29.9 Å². The first kappa shape index (κ1) is 23.7. The fraction of sp³-hybridized carbons (Fsp3) is 0.400. The standard InChI is InChI=1S/C25H28N2O7/c1-27(25(23(30)31)10-11-33-15-25)22(29)12-16(28)13-26-24(32)34-14-21-19-8-4-2-6-17(19)18-7-3-5-9-20(18)21/h2-9,16,21,28H,10-15H2,1H3,(H,26,32)(H,30,31). The van der Waals surface area contributed by atoms with Crippen molar-refractivity contribution in [3.8, 4) is 11.1 Å². The van der Waals surface area contributed by atoms with E-state index in [9.17, 15) is 24.6 Å². The molecule has 0 saturated carbocycles. The van der Waals surface area contributed by atoms with Gasteiger partial charge in [0.05, 0.1) is 19.1 Å². The lowest BCUT2D eigenvalue weighted by molar-refractivity contribution is -0.158. The lowest BCUT2D eigenvalue weighted by Gasteiger charge is -2.34. The molecule has 2 amide bonds. The topological polar surface area (TPSA) is 125 Å². The zero-order chi connectivity index (χ0) is 24.3. The van der Waals surface area contributed by atoms with Gasteiger partial charge in [-0.3, -0.25) is 4.79 Å². The average Bonchev–Trinajstić information content (AvgIpc) is 3.45. The lowest BCUT2D eigenvalue weighted by atomic mass is 9.96. The third kappa shape index (κ3) is 4.49. The number of carbonyl (C=O) groups is 3. The summed E-state index contributed by atoms with van der Waals surface area (Å²) >= 11 is 0. The Kier molecular flexibility index (Phi) is 6.85. The maximum absolute atomic E-state index is 12.5. The highest BCUT2D eigenvalue weighted by molar-refractivity contribution is 5.87. The smallest absolute Gasteiger partial charge is 0.407 e. The fourth-order valence-electron chi connectivity index (χ4n) is 4.63. The predicted octanol–water partition coefficient (Wildman–Crippen LogP) is 1.98. The van der Waals surface area contributed by atoms with Gasteiger partial charge in [0.25, 0.3) is 0 Å². The van der Waals surface area contributed by atoms with Crippen molar-refractivity contribution in [3.05, 3.63) is 59.7 Å². The molecule has 34 heavy (non-hydrogen) atoms. The summed E-state index contributed by atoms with van der Waals surface area (Å²) in [5, 5.41) is 22.3. The van der Waals surface area contributed by atoms with E-state index in [4.69, 9.17) is 9.47 Å². The third-order valence-corrected chi connectivity index (χ3v) is 6.65. The molecule has 9 heteroatoms. The van der Waals surface area contributed by atoms with Crippen LogP contribution in [0.2, 0.25) is 0 Å². The van der Waals surface area contributed by atoms with Crippen molar-refractivity contribution in [2.75, 3.05) is 33.4 Å². The van der Waals surface area contributed by atoms with Gasteiger partial charge in [-0.25, -0.2) is 9.59 Å². The largest absolute Gasteiger partial charge is 0.479 e. The van der Waals surface area contributed by atoms with Crippen molar-refractivity contribution >= 4 is 18.0 Å². The Labute approximate surface area is 197 Å². The molecule has 1 saturated heterocycles. The van der Waals surface area contributed by atoms with Gasteiger partial charge in [-0.2, -0.15) is 0 Å². The summed E-state index contributed by atoms with van der Waals surface area (Å²) in [5.41, 5.74) is 2.99. The number of aliphatic carboxylic acids is 1. The van der Waals surface area contributed by atoms with E-state index in [1.165, 1.54) is 7.05 Å². The monoisotopic (exact) mass is 468 g/mol. The highest BCUT2D eigenvalue weighted by Gasteiger charge is 2.48. The van der Waals surface area contributed by atoms with Crippen LogP contribution < -0.4 is 5.32 Å². The number of alkyl carbamates (subject to hydrolysis) is 1. The first-order chi connectivity index (χ1) is 16.3. The van der Waals surface area contributed by atoms with Crippen LogP contribution in [0.3, 0.4) is 0 Å². The zero-order valence-electron chi connectivity index (χ0n) is 18.9. The molecule has 2 aromatic carbocycles. The Hall–Kier alpha value is -3.43. The van der Waals surface area contributed by atoms with E-state index in [1.807, 2.05) is 48.5 Å². The normalized spacial score (nSPS) is 19.7. The molecule has 4 rings (SSSR count). The van der Waals surface area contributed by atoms with Crippen molar-refractivity contribution in [2.45, 2.75) is 30.4 Å². The number of carboxylic acid groups (broad SMARTS) is 1. The minimum absolute atomic E-state index is 0.0841. The number of benzene rings is 2. The number of aliphatic hydroxyl groups is 1. The lowest BCUT2D eigenvalue weighted by Crippen LogP contribution is -2.56. The molecule has 0 radical (unpaired) electrons. The molecule has 1 aliphatic carbocycles. The van der Waals surface area contributed by atoms with Crippen molar-refractivity contribution in [3.63, 3.8) is 0 Å². The Morgan fingerprint density at radius 1 is 1.15 bits per heavy atom. The van der Waals surface area contributed by atoms with E-state index >= 15 is 0 Å². The molecule has 180 valence electrons. The summed E-state index contributed by atoms with van der Waals surface area (Å²) in [7, 11) is 1.39. The maximum Gasteiger partial charge on any atom is 0.407 e. The number of carboxylic acids is 1. The molecular formula is C25H28N2O7. The Morgan fingerprint density at radius 2 is 1.76 bits per heavy atom. The number of hydrogen-bond acceptors (Lipinski definition) is 6. The van der Waals surface area contributed by atoms with Gasteiger partial charge < -0.3 is 29.9 Å². The summed E-state index contributed by atoms with van der Waals surface area (Å²) in [4.78, 5) is 37.6. The van der Waals surface area contributed by atoms with Crippen LogP contribution in [0.4, 0.5) is 4.79 Å². The van der Waals surface area contributed by atoms with Gasteiger partial charge >= 0.3 is 12.1 Å². The Bertz CT molecular complexity index is 1030. The van der Waals surface area contributed by atoms with Gasteiger partial charge in [-0.05, 0) is 22.3 Å². The van der Waals surface area contributed by atoms with E-state index in [0.717, 1.165) is 27.2 Å². The first-order valence-electron chi connectivity index (χ1n) is 11.2. The number of amides is 2. The van der Waals surface area contributed by atoms with Crippen molar-refractivity contribution < 1.29 is 34.1 Å². The van der Waals surface area contributed by atoms with Crippen LogP contribution in [0, 0.1) is 0 Å². The molecule has 3 N–H and O–H groups in total. The predicted molar refractivity (Wildman–Crippen MR) is 122 cm³/mol. The third-order valence-electron chi connectivity index (χ3n) is 6.65. The van der Waals surface area contributed by atoms with Crippen LogP contribution >= 0.6 is 0 Å². The SMILES string of the molecule is CN(C(=O)CC(O)CNC(=O)OCC1c2ccccc2-c2ccccc21)C1(C(=O)O)CCOC1. The number of hydrogen-bond donors (Lipinski definition) is 3. The van der Waals surface area contributed by atoms with Crippen molar-refractivity contribution in [1.29, 1.82) is 0 Å². The quantitative estimate of drug-likeness (QED) is 0.541. The molecule has 2 aliphatic rings. The molecule has 1 heterocycles. The Balaban J connectivity index is 1.28. The molecule has 0 spiro atoms. The molecule has 2 aromatic rings. The number of fused-ring (bicyclic) bond motifs is 3. The van der Waals surface area contributed by atoms with E-state index in [0.29, 0.717) is 0 Å². The van der Waals surface area contributed by atoms with Gasteiger partial charge in [0.1, 0.15) is 6.61 Å². The number of carbonyl (C=O) groups excluding carboxylic acids is 2. The number of rotatable bonds is 8.